The summed E-state index contributed by atoms with van der Waals surface area (Å²) in [5, 5.41) is 4.01. The van der Waals surface area contributed by atoms with E-state index in [1.165, 1.54) is 10.6 Å². The molecule has 0 aliphatic heterocycles. The first-order valence-corrected chi connectivity index (χ1v) is 10.4. The van der Waals surface area contributed by atoms with Crippen LogP contribution in [0.5, 0.6) is 0 Å². The summed E-state index contributed by atoms with van der Waals surface area (Å²) in [5.41, 5.74) is 2.15. The highest BCUT2D eigenvalue weighted by Crippen LogP contribution is 2.21. The summed E-state index contributed by atoms with van der Waals surface area (Å²) >= 11 is 0. The molecule has 2 heterocycles. The van der Waals surface area contributed by atoms with Gasteiger partial charge in [-0.2, -0.15) is 0 Å². The number of nitrogens with one attached hydrogen (secondary N) is 1. The number of anilines is 1. The molecule has 0 radical (unpaired) electrons. The number of benzene rings is 1. The molecule has 0 saturated heterocycles. The quantitative estimate of drug-likeness (QED) is 0.558. The highest BCUT2D eigenvalue weighted by atomic mass is 16.5. The molecule has 1 N–H and O–H groups in total. The number of rotatable bonds is 10. The molecule has 2 aromatic heterocycles. The topological polar surface area (TPSA) is 68.5 Å². The lowest BCUT2D eigenvalue weighted by Crippen LogP contribution is -2.26. The second-order valence-corrected chi connectivity index (χ2v) is 7.21. The number of likely N-dealkylation sites (N-methyl/N-ethyl adjacent to an activating group) is 1. The number of ether oxygens (including phenoxy) is 1. The lowest BCUT2D eigenvalue weighted by Gasteiger charge is -2.18. The van der Waals surface area contributed by atoms with Crippen LogP contribution in [0.4, 0.5) is 5.69 Å². The summed E-state index contributed by atoms with van der Waals surface area (Å²) in [6.07, 6.45) is 3.66. The molecule has 160 valence electrons. The average molecular weight is 411 g/mol. The van der Waals surface area contributed by atoms with Gasteiger partial charge < -0.3 is 24.1 Å². The smallest absolute Gasteiger partial charge is 0.257 e. The van der Waals surface area contributed by atoms with Crippen molar-refractivity contribution in [2.24, 2.45) is 0 Å². The number of carbonyl (C=O) groups excluding carboxylic acids is 1. The number of pyridine rings is 1. The minimum atomic E-state index is -0.249. The van der Waals surface area contributed by atoms with Crippen molar-refractivity contribution in [1.82, 2.24) is 14.0 Å². The van der Waals surface area contributed by atoms with E-state index in [0.29, 0.717) is 18.7 Å². The van der Waals surface area contributed by atoms with Crippen molar-refractivity contribution in [2.45, 2.75) is 26.9 Å². The van der Waals surface area contributed by atoms with Gasteiger partial charge in [-0.1, -0.05) is 13.8 Å². The van der Waals surface area contributed by atoms with Crippen LogP contribution in [0.2, 0.25) is 0 Å². The lowest BCUT2D eigenvalue weighted by molar-refractivity contribution is 0.102. The summed E-state index contributed by atoms with van der Waals surface area (Å²) in [7, 11) is 1.58. The number of methoxy groups -OCH3 is 1. The van der Waals surface area contributed by atoms with Gasteiger partial charge in [-0.15, -0.1) is 0 Å². The number of carbonyl (C=O) groups is 1. The number of fused-ring (bicyclic) bond motifs is 1. The van der Waals surface area contributed by atoms with Crippen LogP contribution in [0.3, 0.4) is 0 Å². The molecule has 0 saturated carbocycles. The molecule has 1 amide bonds. The molecule has 3 aromatic rings. The van der Waals surface area contributed by atoms with Gasteiger partial charge in [0.05, 0.1) is 12.2 Å². The van der Waals surface area contributed by atoms with Crippen molar-refractivity contribution in [3.63, 3.8) is 0 Å². The maximum absolute atomic E-state index is 12.7. The van der Waals surface area contributed by atoms with Gasteiger partial charge in [0.2, 0.25) is 0 Å². The molecule has 30 heavy (non-hydrogen) atoms. The molecule has 0 atom stereocenters. The fourth-order valence-corrected chi connectivity index (χ4v) is 3.50. The molecule has 3 rings (SSSR count). The van der Waals surface area contributed by atoms with E-state index in [1.54, 1.807) is 19.4 Å². The molecular weight excluding hydrogens is 380 g/mol. The van der Waals surface area contributed by atoms with E-state index in [9.17, 15) is 9.59 Å². The maximum atomic E-state index is 12.7. The molecular formula is C23H30N4O3. The van der Waals surface area contributed by atoms with Crippen LogP contribution in [0.1, 0.15) is 24.2 Å². The lowest BCUT2D eigenvalue weighted by atomic mass is 10.2. The van der Waals surface area contributed by atoms with E-state index in [4.69, 9.17) is 4.74 Å². The Labute approximate surface area is 176 Å². The predicted octanol–water partition coefficient (Wildman–Crippen LogP) is 3.04. The fraction of sp³-hybridized carbons (Fsp3) is 0.391. The number of hydrogen-bond donors (Lipinski definition) is 1. The normalized spacial score (nSPS) is 11.3. The number of hydrogen-bond acceptors (Lipinski definition) is 4. The van der Waals surface area contributed by atoms with E-state index >= 15 is 0 Å². The van der Waals surface area contributed by atoms with E-state index in [-0.39, 0.29) is 11.5 Å². The molecule has 0 unspecified atom stereocenters. The fourth-order valence-electron chi connectivity index (χ4n) is 3.50. The van der Waals surface area contributed by atoms with Crippen molar-refractivity contribution >= 4 is 22.5 Å². The standard InChI is InChI=1S/C23H30N4O3/c1-4-25(5-2)12-13-26-11-10-18-16-20(7-8-21(18)26)24-23(29)19-6-9-22(28)27(17-19)14-15-30-3/h6-11,16-17H,4-5,12-15H2,1-3H3,(H,24,29). The molecule has 0 bridgehead atoms. The van der Waals surface area contributed by atoms with Crippen molar-refractivity contribution in [1.29, 1.82) is 0 Å². The monoisotopic (exact) mass is 410 g/mol. The molecule has 0 fully saturated rings. The largest absolute Gasteiger partial charge is 0.383 e. The Bertz CT molecular complexity index is 1050. The summed E-state index contributed by atoms with van der Waals surface area (Å²) in [6.45, 7) is 9.20. The van der Waals surface area contributed by atoms with Crippen LogP contribution in [0, 0.1) is 0 Å². The molecule has 0 aliphatic rings. The van der Waals surface area contributed by atoms with Crippen molar-refractivity contribution in [2.75, 3.05) is 38.7 Å². The minimum Gasteiger partial charge on any atom is -0.383 e. The molecule has 0 aliphatic carbocycles. The first-order valence-electron chi connectivity index (χ1n) is 10.4. The van der Waals surface area contributed by atoms with Gasteiger partial charge in [-0.05, 0) is 43.4 Å². The van der Waals surface area contributed by atoms with Crippen LogP contribution >= 0.6 is 0 Å². The Morgan fingerprint density at radius 1 is 1.07 bits per heavy atom. The van der Waals surface area contributed by atoms with Crippen LogP contribution < -0.4 is 10.9 Å². The third kappa shape index (κ3) is 5.17. The Hall–Kier alpha value is -2.90. The van der Waals surface area contributed by atoms with Gasteiger partial charge in [-0.3, -0.25) is 9.59 Å². The average Bonchev–Trinajstić information content (AvgIpc) is 3.16. The van der Waals surface area contributed by atoms with Crippen molar-refractivity contribution in [3.05, 3.63) is 64.7 Å². The summed E-state index contributed by atoms with van der Waals surface area (Å²) in [6, 6.07) is 10.9. The predicted molar refractivity (Wildman–Crippen MR) is 120 cm³/mol. The molecule has 7 heteroatoms. The highest BCUT2D eigenvalue weighted by Gasteiger charge is 2.10. The zero-order chi connectivity index (χ0) is 21.5. The molecule has 0 spiro atoms. The Kier molecular flexibility index (Phi) is 7.43. The van der Waals surface area contributed by atoms with Gasteiger partial charge in [0.25, 0.3) is 11.5 Å². The van der Waals surface area contributed by atoms with Gasteiger partial charge in [-0.25, -0.2) is 0 Å². The van der Waals surface area contributed by atoms with Gasteiger partial charge >= 0.3 is 0 Å². The number of amides is 1. The van der Waals surface area contributed by atoms with Gasteiger partial charge in [0.15, 0.2) is 0 Å². The second kappa shape index (κ2) is 10.2. The van der Waals surface area contributed by atoms with Gasteiger partial charge in [0, 0.05) is 61.8 Å². The summed E-state index contributed by atoms with van der Waals surface area (Å²) < 4.78 is 8.74. The molecule has 1 aromatic carbocycles. The zero-order valence-electron chi connectivity index (χ0n) is 17.9. The third-order valence-electron chi connectivity index (χ3n) is 5.36. The maximum Gasteiger partial charge on any atom is 0.257 e. The summed E-state index contributed by atoms with van der Waals surface area (Å²) in [5.74, 6) is -0.249. The zero-order valence-corrected chi connectivity index (χ0v) is 17.9. The van der Waals surface area contributed by atoms with E-state index in [1.807, 2.05) is 18.2 Å². The van der Waals surface area contributed by atoms with Crippen molar-refractivity contribution in [3.8, 4) is 0 Å². The van der Waals surface area contributed by atoms with E-state index in [2.05, 4.69) is 40.9 Å². The van der Waals surface area contributed by atoms with Crippen molar-refractivity contribution < 1.29 is 9.53 Å². The molecule has 7 nitrogen and oxygen atoms in total. The Balaban J connectivity index is 1.72. The highest BCUT2D eigenvalue weighted by molar-refractivity contribution is 6.04. The third-order valence-corrected chi connectivity index (χ3v) is 5.36. The summed E-state index contributed by atoms with van der Waals surface area (Å²) in [4.78, 5) is 27.0. The number of nitrogens with zero attached hydrogens (tertiary/aromatic N) is 3. The Morgan fingerprint density at radius 3 is 2.60 bits per heavy atom. The number of aromatic nitrogens is 2. The van der Waals surface area contributed by atoms with Crippen LogP contribution in [-0.2, 0) is 17.8 Å². The first kappa shape index (κ1) is 21.8. The van der Waals surface area contributed by atoms with Crippen LogP contribution in [0.25, 0.3) is 10.9 Å². The van der Waals surface area contributed by atoms with E-state index in [0.717, 1.165) is 42.8 Å². The Morgan fingerprint density at radius 2 is 1.87 bits per heavy atom. The van der Waals surface area contributed by atoms with Crippen LogP contribution in [0.15, 0.2) is 53.6 Å². The van der Waals surface area contributed by atoms with Gasteiger partial charge in [0.1, 0.15) is 0 Å². The SMILES string of the molecule is CCN(CC)CCn1ccc2cc(NC(=O)c3ccc(=O)n(CCOC)c3)ccc21. The minimum absolute atomic E-state index is 0.156. The second-order valence-electron chi connectivity index (χ2n) is 7.21. The first-order chi connectivity index (χ1) is 14.5. The van der Waals surface area contributed by atoms with E-state index < -0.39 is 0 Å². The van der Waals surface area contributed by atoms with Crippen LogP contribution in [-0.4, -0.2) is 53.3 Å².